The van der Waals surface area contributed by atoms with E-state index in [1.165, 1.54) is 6.92 Å². The molecule has 0 atom stereocenters. The first kappa shape index (κ1) is 23.5. The Morgan fingerprint density at radius 2 is 1.03 bits per heavy atom. The molecule has 0 radical (unpaired) electrons. The Labute approximate surface area is 177 Å². The fourth-order valence-electron chi connectivity index (χ4n) is 3.90. The van der Waals surface area contributed by atoms with Gasteiger partial charge < -0.3 is 9.67 Å². The lowest BCUT2D eigenvalue weighted by molar-refractivity contribution is -0.132. The molecule has 0 bridgehead atoms. The number of hydrogen-bond acceptors (Lipinski definition) is 4. The van der Waals surface area contributed by atoms with Crippen molar-refractivity contribution in [3.05, 3.63) is 80.2 Å². The molecule has 30 heavy (non-hydrogen) atoms. The molecule has 0 spiro atoms. The van der Waals surface area contributed by atoms with Crippen LogP contribution in [0.4, 0.5) is 0 Å². The molecule has 1 N–H and O–H groups in total. The van der Waals surface area contributed by atoms with E-state index in [1.54, 1.807) is 52.0 Å². The quantitative estimate of drug-likeness (QED) is 0.461. The van der Waals surface area contributed by atoms with Gasteiger partial charge >= 0.3 is 5.97 Å². The molecule has 158 valence electrons. The number of carbonyl (C=O) groups is 3. The fourth-order valence-corrected chi connectivity index (χ4v) is 6.35. The molecule has 0 aromatic heterocycles. The molecular formula is C24H27O5P. The van der Waals surface area contributed by atoms with Crippen LogP contribution in [0, 0.1) is 41.5 Å². The van der Waals surface area contributed by atoms with E-state index in [0.29, 0.717) is 22.3 Å². The van der Waals surface area contributed by atoms with E-state index >= 15 is 0 Å². The second-order valence-corrected chi connectivity index (χ2v) is 10.3. The number of carbonyl (C=O) groups excluding carboxylic acids is 2. The zero-order valence-corrected chi connectivity index (χ0v) is 19.3. The van der Waals surface area contributed by atoms with Crippen molar-refractivity contribution in [2.24, 2.45) is 0 Å². The molecule has 5 nitrogen and oxygen atoms in total. The van der Waals surface area contributed by atoms with Gasteiger partial charge in [0.1, 0.15) is 0 Å². The monoisotopic (exact) mass is 426 g/mol. The molecule has 6 heteroatoms. The van der Waals surface area contributed by atoms with E-state index < -0.39 is 24.2 Å². The minimum absolute atomic E-state index is 0.203. The normalized spacial score (nSPS) is 12.0. The molecule has 0 saturated heterocycles. The molecule has 0 aliphatic heterocycles. The van der Waals surface area contributed by atoms with Crippen molar-refractivity contribution in [1.82, 2.24) is 0 Å². The molecule has 0 aliphatic carbocycles. The molecule has 0 unspecified atom stereocenters. The Bertz CT molecular complexity index is 1030. The van der Waals surface area contributed by atoms with E-state index in [9.17, 15) is 24.1 Å². The van der Waals surface area contributed by atoms with Gasteiger partial charge in [-0.15, -0.1) is 0 Å². The minimum Gasteiger partial charge on any atom is -0.478 e. The van der Waals surface area contributed by atoms with Crippen molar-refractivity contribution in [2.45, 2.75) is 48.5 Å². The number of hydrogen-bond donors (Lipinski definition) is 1. The Morgan fingerprint density at radius 1 is 0.733 bits per heavy atom. The largest absolute Gasteiger partial charge is 0.478 e. The van der Waals surface area contributed by atoms with Crippen LogP contribution in [0.3, 0.4) is 0 Å². The summed E-state index contributed by atoms with van der Waals surface area (Å²) < 4.78 is 14.1. The van der Waals surface area contributed by atoms with Gasteiger partial charge in [-0.25, -0.2) is 4.79 Å². The maximum Gasteiger partial charge on any atom is 0.331 e. The standard InChI is InChI=1S/C24H27O5P/c1-13-8-15(3)20(16(4)9-13)23(27)30(29,12-19(7)22(25)26)24(28)21-17(5)10-14(2)11-18(21)6/h8-12H,1-7H3,(H,25,26). The predicted molar refractivity (Wildman–Crippen MR) is 119 cm³/mol. The van der Waals surface area contributed by atoms with Gasteiger partial charge in [0.05, 0.1) is 0 Å². The summed E-state index contributed by atoms with van der Waals surface area (Å²) in [7, 11) is -4.41. The van der Waals surface area contributed by atoms with Crippen LogP contribution in [0.5, 0.6) is 0 Å². The van der Waals surface area contributed by atoms with Crippen LogP contribution < -0.4 is 0 Å². The Kier molecular flexibility index (Phi) is 6.68. The second kappa shape index (κ2) is 8.53. The summed E-state index contributed by atoms with van der Waals surface area (Å²) in [6.45, 7) is 11.9. The molecule has 0 heterocycles. The highest BCUT2D eigenvalue weighted by Gasteiger charge is 2.42. The van der Waals surface area contributed by atoms with Gasteiger partial charge in [-0.05, 0) is 76.5 Å². The summed E-state index contributed by atoms with van der Waals surface area (Å²) in [4.78, 5) is 38.6. The molecular weight excluding hydrogens is 399 g/mol. The third kappa shape index (κ3) is 4.36. The molecule has 0 amide bonds. The number of aliphatic carboxylic acids is 1. The molecule has 2 aromatic rings. The van der Waals surface area contributed by atoms with Crippen LogP contribution in [-0.2, 0) is 9.36 Å². The number of carboxylic acids is 1. The van der Waals surface area contributed by atoms with Crippen LogP contribution in [0.25, 0.3) is 0 Å². The van der Waals surface area contributed by atoms with E-state index in [1.807, 2.05) is 13.8 Å². The van der Waals surface area contributed by atoms with Crippen LogP contribution in [0.2, 0.25) is 0 Å². The molecule has 0 fully saturated rings. The third-order valence-electron chi connectivity index (χ3n) is 5.10. The average Bonchev–Trinajstić information content (AvgIpc) is 2.59. The SMILES string of the molecule is CC(=CP(=O)(C(=O)c1c(C)cc(C)cc1C)C(=O)c1c(C)cc(C)cc1C)C(=O)O. The first-order valence-electron chi connectivity index (χ1n) is 9.57. The lowest BCUT2D eigenvalue weighted by Crippen LogP contribution is -2.15. The van der Waals surface area contributed by atoms with E-state index in [-0.39, 0.29) is 16.7 Å². The highest BCUT2D eigenvalue weighted by Crippen LogP contribution is 2.55. The summed E-state index contributed by atoms with van der Waals surface area (Å²) in [5.74, 6) is -0.470. The second-order valence-electron chi connectivity index (χ2n) is 7.93. The number of carboxylic acid groups (broad SMARTS) is 1. The van der Waals surface area contributed by atoms with Crippen LogP contribution in [-0.4, -0.2) is 22.1 Å². The summed E-state index contributed by atoms with van der Waals surface area (Å²) in [5.41, 5.74) is 2.72. The Morgan fingerprint density at radius 3 is 1.30 bits per heavy atom. The van der Waals surface area contributed by atoms with Crippen LogP contribution >= 0.6 is 7.14 Å². The predicted octanol–water partition coefficient (Wildman–Crippen LogP) is 5.87. The summed E-state index contributed by atoms with van der Waals surface area (Å²) >= 11 is 0. The Hall–Kier alpha value is -2.78. The molecule has 2 rings (SSSR count). The Balaban J connectivity index is 2.83. The van der Waals surface area contributed by atoms with Crippen LogP contribution in [0.15, 0.2) is 35.7 Å². The van der Waals surface area contributed by atoms with Gasteiger partial charge in [-0.2, -0.15) is 0 Å². The highest BCUT2D eigenvalue weighted by molar-refractivity contribution is 7.97. The summed E-state index contributed by atoms with van der Waals surface area (Å²) in [6, 6.07) is 7.13. The number of rotatable bonds is 6. The van der Waals surface area contributed by atoms with Crippen molar-refractivity contribution < 1.29 is 24.1 Å². The van der Waals surface area contributed by atoms with E-state index in [0.717, 1.165) is 16.9 Å². The van der Waals surface area contributed by atoms with Gasteiger partial charge in [-0.1, -0.05) is 35.4 Å². The average molecular weight is 426 g/mol. The summed E-state index contributed by atoms with van der Waals surface area (Å²) in [5, 5.41) is 9.33. The van der Waals surface area contributed by atoms with Crippen molar-refractivity contribution >= 4 is 24.2 Å². The van der Waals surface area contributed by atoms with E-state index in [2.05, 4.69) is 0 Å². The first-order chi connectivity index (χ1) is 13.8. The lowest BCUT2D eigenvalue weighted by atomic mass is 10.0. The number of benzene rings is 2. The van der Waals surface area contributed by atoms with Crippen molar-refractivity contribution in [2.75, 3.05) is 0 Å². The van der Waals surface area contributed by atoms with Crippen molar-refractivity contribution in [3.8, 4) is 0 Å². The third-order valence-corrected chi connectivity index (χ3v) is 7.50. The smallest absolute Gasteiger partial charge is 0.331 e. The molecule has 2 aromatic carbocycles. The van der Waals surface area contributed by atoms with E-state index in [4.69, 9.17) is 0 Å². The van der Waals surface area contributed by atoms with Crippen molar-refractivity contribution in [1.29, 1.82) is 0 Å². The topological polar surface area (TPSA) is 88.5 Å². The van der Waals surface area contributed by atoms with Gasteiger partial charge in [-0.3, -0.25) is 9.59 Å². The van der Waals surface area contributed by atoms with Gasteiger partial charge in [0, 0.05) is 16.7 Å². The number of aryl methyl sites for hydroxylation is 6. The highest BCUT2D eigenvalue weighted by atomic mass is 31.2. The lowest BCUT2D eigenvalue weighted by Gasteiger charge is -2.19. The zero-order chi connectivity index (χ0) is 23.0. The first-order valence-corrected chi connectivity index (χ1v) is 11.3. The maximum atomic E-state index is 14.1. The summed E-state index contributed by atoms with van der Waals surface area (Å²) in [6.07, 6.45) is 0. The van der Waals surface area contributed by atoms with Gasteiger partial charge in [0.15, 0.2) is 0 Å². The van der Waals surface area contributed by atoms with Gasteiger partial charge in [0.2, 0.25) is 18.2 Å². The molecule has 0 saturated carbocycles. The fraction of sp³-hybridized carbons (Fsp3) is 0.292. The van der Waals surface area contributed by atoms with Crippen LogP contribution in [0.1, 0.15) is 61.0 Å². The zero-order valence-electron chi connectivity index (χ0n) is 18.4. The van der Waals surface area contributed by atoms with Crippen molar-refractivity contribution in [3.63, 3.8) is 0 Å². The minimum atomic E-state index is -4.41. The van der Waals surface area contributed by atoms with Gasteiger partial charge in [0.25, 0.3) is 0 Å². The maximum absolute atomic E-state index is 14.1. The molecule has 0 aliphatic rings.